The van der Waals surface area contributed by atoms with Crippen LogP contribution in [0.5, 0.6) is 0 Å². The first kappa shape index (κ1) is 18.0. The molecule has 0 fully saturated rings. The number of rotatable bonds is 4. The van der Waals surface area contributed by atoms with Gasteiger partial charge in [-0.15, -0.1) is 0 Å². The molecule has 0 amide bonds. The Balaban J connectivity index is 0. The van der Waals surface area contributed by atoms with E-state index < -0.39 is 0 Å². The smallest absolute Gasteiger partial charge is 0.0986 e. The molecule has 0 bridgehead atoms. The van der Waals surface area contributed by atoms with E-state index in [9.17, 15) is 0 Å². The largest absolute Gasteiger partial charge is 1.00 e. The van der Waals surface area contributed by atoms with Gasteiger partial charge < -0.3 is 32.9 Å². The van der Waals surface area contributed by atoms with Crippen LogP contribution >= 0.6 is 0 Å². The van der Waals surface area contributed by atoms with Crippen molar-refractivity contribution < 1.29 is 32.9 Å². The van der Waals surface area contributed by atoms with Gasteiger partial charge in [-0.05, 0) is 20.8 Å². The predicted molar refractivity (Wildman–Crippen MR) is 64.2 cm³/mol. The molecule has 0 aromatic carbocycles. The first-order valence-electron chi connectivity index (χ1n) is 5.50. The van der Waals surface area contributed by atoms with E-state index in [4.69, 9.17) is 0 Å². The first-order valence-corrected chi connectivity index (χ1v) is 5.50. The second-order valence-corrected chi connectivity index (χ2v) is 6.99. The van der Waals surface area contributed by atoms with Crippen molar-refractivity contribution in [2.45, 2.75) is 38.8 Å². The van der Waals surface area contributed by atoms with Crippen LogP contribution in [0.4, 0.5) is 0 Å². The first-order chi connectivity index (χ1) is 5.88. The molecule has 0 aromatic rings. The fraction of sp³-hybridized carbons (Fsp3) is 1.00. The average Bonchev–Trinajstić information content (AvgIpc) is 1.80. The van der Waals surface area contributed by atoms with Gasteiger partial charge in [0.15, 0.2) is 0 Å². The summed E-state index contributed by atoms with van der Waals surface area (Å²) in [4.78, 5) is 0. The molecule has 0 N–H and O–H groups in total. The van der Waals surface area contributed by atoms with Crippen LogP contribution < -0.4 is 24.0 Å². The van der Waals surface area contributed by atoms with Gasteiger partial charge in [0.2, 0.25) is 0 Å². The summed E-state index contributed by atoms with van der Waals surface area (Å²) >= 11 is 0. The summed E-state index contributed by atoms with van der Waals surface area (Å²) in [5, 5.41) is 0. The molecule has 0 radical (unpaired) electrons. The quantitative estimate of drug-likeness (QED) is 0.457. The Morgan fingerprint density at radius 3 is 1.47 bits per heavy atom. The lowest BCUT2D eigenvalue weighted by Gasteiger charge is -2.45. The fourth-order valence-electron chi connectivity index (χ4n) is 1.27. The zero-order valence-corrected chi connectivity index (χ0v) is 14.2. The fourth-order valence-corrected chi connectivity index (χ4v) is 1.27. The van der Waals surface area contributed by atoms with E-state index in [1.54, 1.807) is 0 Å². The highest BCUT2D eigenvalue weighted by Gasteiger charge is 2.37. The van der Waals surface area contributed by atoms with Crippen molar-refractivity contribution in [2.24, 2.45) is 0 Å². The van der Waals surface area contributed by atoms with Crippen LogP contribution in [-0.4, -0.2) is 62.8 Å². The molecule has 1 atom stereocenters. The van der Waals surface area contributed by atoms with Crippen molar-refractivity contribution in [1.82, 2.24) is 0 Å². The highest BCUT2D eigenvalue weighted by Crippen LogP contribution is 2.26. The van der Waals surface area contributed by atoms with Gasteiger partial charge in [-0.1, -0.05) is 0 Å². The Bertz CT molecular complexity index is 187. The molecular weight excluding hydrogens is 299 g/mol. The molecule has 0 saturated heterocycles. The zero-order valence-electron chi connectivity index (χ0n) is 12.1. The van der Waals surface area contributed by atoms with Crippen LogP contribution in [0.1, 0.15) is 27.2 Å². The third-order valence-electron chi connectivity index (χ3n) is 3.93. The maximum Gasteiger partial charge on any atom is 0.0986 e. The average molecular weight is 329 g/mol. The van der Waals surface area contributed by atoms with E-state index >= 15 is 0 Å². The number of hydrogen-bond donors (Lipinski definition) is 0. The Kier molecular flexibility index (Phi) is 6.39. The number of quaternary nitrogens is 2. The number of nitrogens with zero attached hydrogens (tertiary/aromatic N) is 2. The summed E-state index contributed by atoms with van der Waals surface area (Å²) in [6.07, 6.45) is 1.25. The third-order valence-corrected chi connectivity index (χ3v) is 3.93. The minimum absolute atomic E-state index is 0. The number of halogens is 1. The lowest BCUT2D eigenvalue weighted by Crippen LogP contribution is -3.00. The molecule has 0 rings (SSSR count). The van der Waals surface area contributed by atoms with Gasteiger partial charge in [-0.25, -0.2) is 0 Å². The van der Waals surface area contributed by atoms with Crippen molar-refractivity contribution in [2.75, 3.05) is 42.3 Å². The van der Waals surface area contributed by atoms with Crippen LogP contribution in [0.25, 0.3) is 0 Å². The molecule has 0 spiro atoms. The maximum absolute atomic E-state index is 2.36. The highest BCUT2D eigenvalue weighted by molar-refractivity contribution is 4.72. The predicted octanol–water partition coefficient (Wildman–Crippen LogP) is -1.04. The van der Waals surface area contributed by atoms with Gasteiger partial charge in [-0.2, -0.15) is 0 Å². The van der Waals surface area contributed by atoms with Crippen molar-refractivity contribution >= 4 is 0 Å². The van der Waals surface area contributed by atoms with Gasteiger partial charge in [0.1, 0.15) is 0 Å². The van der Waals surface area contributed by atoms with Crippen molar-refractivity contribution in [1.29, 1.82) is 0 Å². The van der Waals surface area contributed by atoms with Crippen molar-refractivity contribution in [3.8, 4) is 0 Å². The van der Waals surface area contributed by atoms with E-state index in [2.05, 4.69) is 63.1 Å². The molecule has 15 heavy (non-hydrogen) atoms. The summed E-state index contributed by atoms with van der Waals surface area (Å²) in [6, 6.07) is 0.697. The summed E-state index contributed by atoms with van der Waals surface area (Å²) in [6.45, 7) is 7.07. The molecule has 1 unspecified atom stereocenters. The van der Waals surface area contributed by atoms with Crippen LogP contribution in [0.15, 0.2) is 0 Å². The van der Waals surface area contributed by atoms with E-state index in [0.717, 1.165) is 8.97 Å². The lowest BCUT2D eigenvalue weighted by molar-refractivity contribution is -0.935. The van der Waals surface area contributed by atoms with E-state index in [0.29, 0.717) is 11.6 Å². The third kappa shape index (κ3) is 5.50. The van der Waals surface area contributed by atoms with Crippen LogP contribution in [0.2, 0.25) is 0 Å². The molecule has 94 valence electrons. The topological polar surface area (TPSA) is 0 Å². The maximum atomic E-state index is 2.36. The Morgan fingerprint density at radius 2 is 1.27 bits per heavy atom. The second-order valence-electron chi connectivity index (χ2n) is 6.99. The van der Waals surface area contributed by atoms with E-state index in [1.165, 1.54) is 6.42 Å². The Labute approximate surface area is 114 Å². The van der Waals surface area contributed by atoms with Crippen LogP contribution in [-0.2, 0) is 0 Å². The SMILES string of the molecule is CC(CC(C)(C)[N+](C)(C)C)[N+](C)(C)C.[I-]. The second kappa shape index (κ2) is 5.32. The molecule has 3 heteroatoms. The molecule has 0 saturated carbocycles. The van der Waals surface area contributed by atoms with Gasteiger partial charge in [0, 0.05) is 0 Å². The standard InChI is InChI=1S/C12H30N2.HI/c1-11(13(4,5)6)10-12(2,3)14(7,8)9;/h11H,10H2,1-9H3;1H/q+2;/p-1. The molecular formula is C12H30IN2+. The van der Waals surface area contributed by atoms with Gasteiger partial charge >= 0.3 is 0 Å². The van der Waals surface area contributed by atoms with Crippen LogP contribution in [0, 0.1) is 0 Å². The molecule has 2 nitrogen and oxygen atoms in total. The minimum atomic E-state index is 0. The lowest BCUT2D eigenvalue weighted by atomic mass is 9.91. The van der Waals surface area contributed by atoms with Gasteiger partial charge in [0.05, 0.1) is 60.3 Å². The zero-order chi connectivity index (χ0) is 11.8. The summed E-state index contributed by atoms with van der Waals surface area (Å²) < 4.78 is 2.07. The van der Waals surface area contributed by atoms with Crippen LogP contribution in [0.3, 0.4) is 0 Å². The molecule has 0 aromatic heterocycles. The molecule has 0 aliphatic carbocycles. The van der Waals surface area contributed by atoms with Crippen molar-refractivity contribution in [3.63, 3.8) is 0 Å². The summed E-state index contributed by atoms with van der Waals surface area (Å²) in [5.74, 6) is 0. The van der Waals surface area contributed by atoms with Gasteiger partial charge in [-0.3, -0.25) is 0 Å². The Morgan fingerprint density at radius 1 is 0.933 bits per heavy atom. The monoisotopic (exact) mass is 329 g/mol. The van der Waals surface area contributed by atoms with Crippen molar-refractivity contribution in [3.05, 3.63) is 0 Å². The highest BCUT2D eigenvalue weighted by atomic mass is 127. The number of hydrogen-bond acceptors (Lipinski definition) is 0. The minimum Gasteiger partial charge on any atom is -1.00 e. The summed E-state index contributed by atoms with van der Waals surface area (Å²) in [5.41, 5.74) is 0.338. The molecule has 0 aliphatic rings. The summed E-state index contributed by atoms with van der Waals surface area (Å²) in [7, 11) is 13.7. The Hall–Kier alpha value is 0.650. The molecule has 0 aliphatic heterocycles. The van der Waals surface area contributed by atoms with Gasteiger partial charge in [0.25, 0.3) is 0 Å². The molecule has 0 heterocycles. The van der Waals surface area contributed by atoms with E-state index in [-0.39, 0.29) is 24.0 Å². The normalized spacial score (nSPS) is 15.8. The van der Waals surface area contributed by atoms with E-state index in [1.807, 2.05) is 0 Å².